The predicted molar refractivity (Wildman–Crippen MR) is 83.4 cm³/mol. The Morgan fingerprint density at radius 3 is 2.58 bits per heavy atom. The lowest BCUT2D eigenvalue weighted by molar-refractivity contribution is 0.373. The molecule has 0 radical (unpaired) electrons. The van der Waals surface area contributed by atoms with Crippen LogP contribution in [-0.2, 0) is 0 Å². The molecule has 1 aromatic carbocycles. The van der Waals surface area contributed by atoms with Gasteiger partial charge in [0, 0.05) is 16.1 Å². The van der Waals surface area contributed by atoms with E-state index >= 15 is 0 Å². The van der Waals surface area contributed by atoms with E-state index in [0.29, 0.717) is 0 Å². The van der Waals surface area contributed by atoms with Crippen LogP contribution >= 0.6 is 15.9 Å². The van der Waals surface area contributed by atoms with Crippen molar-refractivity contribution in [2.75, 3.05) is 7.11 Å². The standard InChI is InChI=1S/C16H24BrNO/c1-19-16-9-8-13(17)11-14(16)15(18)10-12-6-4-2-3-5-7-12/h8-9,11-12,15H,2-7,10,18H2,1H3. The molecule has 3 heteroatoms. The lowest BCUT2D eigenvalue weighted by Gasteiger charge is -2.21. The van der Waals surface area contributed by atoms with Gasteiger partial charge in [-0.1, -0.05) is 54.5 Å². The normalized spacial score (nSPS) is 18.9. The first-order chi connectivity index (χ1) is 9.20. The first kappa shape index (κ1) is 14.9. The molecule has 1 saturated carbocycles. The third-order valence-electron chi connectivity index (χ3n) is 4.15. The molecule has 2 nitrogen and oxygen atoms in total. The van der Waals surface area contributed by atoms with E-state index in [0.717, 1.165) is 28.1 Å². The van der Waals surface area contributed by atoms with Gasteiger partial charge in [0.15, 0.2) is 0 Å². The molecule has 1 fully saturated rings. The highest BCUT2D eigenvalue weighted by atomic mass is 79.9. The molecule has 0 spiro atoms. The molecule has 1 atom stereocenters. The monoisotopic (exact) mass is 325 g/mol. The maximum atomic E-state index is 6.42. The number of rotatable bonds is 4. The molecule has 1 unspecified atom stereocenters. The van der Waals surface area contributed by atoms with Gasteiger partial charge in [0.25, 0.3) is 0 Å². The fourth-order valence-electron chi connectivity index (χ4n) is 3.08. The average molecular weight is 326 g/mol. The number of ether oxygens (including phenoxy) is 1. The number of methoxy groups -OCH3 is 1. The zero-order valence-electron chi connectivity index (χ0n) is 11.7. The van der Waals surface area contributed by atoms with Crippen molar-refractivity contribution in [2.45, 2.75) is 51.0 Å². The van der Waals surface area contributed by atoms with Gasteiger partial charge in [0.2, 0.25) is 0 Å². The summed E-state index contributed by atoms with van der Waals surface area (Å²) in [5.74, 6) is 1.69. The Morgan fingerprint density at radius 2 is 1.95 bits per heavy atom. The third-order valence-corrected chi connectivity index (χ3v) is 4.65. The Hall–Kier alpha value is -0.540. The fraction of sp³-hybridized carbons (Fsp3) is 0.625. The molecule has 0 saturated heterocycles. The summed E-state index contributed by atoms with van der Waals surface area (Å²) < 4.78 is 6.50. The van der Waals surface area contributed by atoms with Crippen LogP contribution in [-0.4, -0.2) is 7.11 Å². The van der Waals surface area contributed by atoms with E-state index in [1.165, 1.54) is 38.5 Å². The number of hydrogen-bond donors (Lipinski definition) is 1. The molecular formula is C16H24BrNO. The van der Waals surface area contributed by atoms with Crippen LogP contribution in [0.25, 0.3) is 0 Å². The molecule has 1 aromatic rings. The first-order valence-corrected chi connectivity index (χ1v) is 8.09. The SMILES string of the molecule is COc1ccc(Br)cc1C(N)CC1CCCCCC1. The van der Waals surface area contributed by atoms with Gasteiger partial charge in [-0.2, -0.15) is 0 Å². The van der Waals surface area contributed by atoms with Crippen LogP contribution in [0.3, 0.4) is 0 Å². The van der Waals surface area contributed by atoms with Crippen LogP contribution in [0.4, 0.5) is 0 Å². The van der Waals surface area contributed by atoms with Crippen LogP contribution in [0.5, 0.6) is 5.75 Å². The zero-order chi connectivity index (χ0) is 13.7. The van der Waals surface area contributed by atoms with Crippen LogP contribution in [0.1, 0.15) is 56.6 Å². The second-order valence-electron chi connectivity index (χ2n) is 5.59. The van der Waals surface area contributed by atoms with Crippen LogP contribution < -0.4 is 10.5 Å². The van der Waals surface area contributed by atoms with Gasteiger partial charge < -0.3 is 10.5 Å². The van der Waals surface area contributed by atoms with Crippen LogP contribution in [0.2, 0.25) is 0 Å². The Kier molecular flexibility index (Phi) is 5.71. The minimum atomic E-state index is 0.0792. The summed E-state index contributed by atoms with van der Waals surface area (Å²) in [5, 5.41) is 0. The molecule has 0 aromatic heterocycles. The third kappa shape index (κ3) is 4.22. The molecule has 0 bridgehead atoms. The first-order valence-electron chi connectivity index (χ1n) is 7.29. The number of halogens is 1. The fourth-order valence-corrected chi connectivity index (χ4v) is 3.46. The highest BCUT2D eigenvalue weighted by Crippen LogP contribution is 2.34. The Bertz CT molecular complexity index is 400. The maximum absolute atomic E-state index is 6.42. The predicted octanol–water partition coefficient (Wildman–Crippen LogP) is 4.82. The molecule has 0 amide bonds. The summed E-state index contributed by atoms with van der Waals surface area (Å²) in [5.41, 5.74) is 7.55. The molecule has 19 heavy (non-hydrogen) atoms. The summed E-state index contributed by atoms with van der Waals surface area (Å²) in [6.45, 7) is 0. The Morgan fingerprint density at radius 1 is 1.26 bits per heavy atom. The summed E-state index contributed by atoms with van der Waals surface area (Å²) >= 11 is 3.52. The molecule has 2 N–H and O–H groups in total. The van der Waals surface area contributed by atoms with Gasteiger partial charge in [0.05, 0.1) is 7.11 Å². The van der Waals surface area contributed by atoms with Crippen LogP contribution in [0, 0.1) is 5.92 Å². The van der Waals surface area contributed by atoms with E-state index in [9.17, 15) is 0 Å². The molecule has 1 aliphatic carbocycles. The second kappa shape index (κ2) is 7.30. The summed E-state index contributed by atoms with van der Waals surface area (Å²) in [7, 11) is 1.71. The van der Waals surface area contributed by atoms with E-state index in [1.807, 2.05) is 12.1 Å². The highest BCUT2D eigenvalue weighted by Gasteiger charge is 2.19. The van der Waals surface area contributed by atoms with Gasteiger partial charge in [-0.3, -0.25) is 0 Å². The van der Waals surface area contributed by atoms with Gasteiger partial charge in [-0.15, -0.1) is 0 Å². The quantitative estimate of drug-likeness (QED) is 0.805. The Labute approximate surface area is 124 Å². The van der Waals surface area contributed by atoms with E-state index in [1.54, 1.807) is 7.11 Å². The lowest BCUT2D eigenvalue weighted by atomic mass is 9.90. The molecule has 106 valence electrons. The van der Waals surface area contributed by atoms with Crippen molar-refractivity contribution < 1.29 is 4.74 Å². The molecule has 0 heterocycles. The maximum Gasteiger partial charge on any atom is 0.123 e. The summed E-state index contributed by atoms with van der Waals surface area (Å²) in [6.07, 6.45) is 9.28. The summed E-state index contributed by atoms with van der Waals surface area (Å²) in [4.78, 5) is 0. The summed E-state index contributed by atoms with van der Waals surface area (Å²) in [6, 6.07) is 6.17. The Balaban J connectivity index is 2.05. The number of nitrogens with two attached hydrogens (primary N) is 1. The number of hydrogen-bond acceptors (Lipinski definition) is 2. The topological polar surface area (TPSA) is 35.2 Å². The van der Waals surface area contributed by atoms with Gasteiger partial charge in [-0.05, 0) is 30.5 Å². The highest BCUT2D eigenvalue weighted by molar-refractivity contribution is 9.10. The van der Waals surface area contributed by atoms with E-state index in [-0.39, 0.29) is 6.04 Å². The average Bonchev–Trinajstić information content (AvgIpc) is 2.67. The number of benzene rings is 1. The molecule has 0 aliphatic heterocycles. The lowest BCUT2D eigenvalue weighted by Crippen LogP contribution is -2.16. The molecular weight excluding hydrogens is 302 g/mol. The molecule has 1 aliphatic rings. The van der Waals surface area contributed by atoms with Gasteiger partial charge >= 0.3 is 0 Å². The van der Waals surface area contributed by atoms with Crippen molar-refractivity contribution in [1.82, 2.24) is 0 Å². The van der Waals surface area contributed by atoms with Gasteiger partial charge in [-0.25, -0.2) is 0 Å². The van der Waals surface area contributed by atoms with E-state index in [2.05, 4.69) is 22.0 Å². The van der Waals surface area contributed by atoms with Crippen molar-refractivity contribution in [1.29, 1.82) is 0 Å². The van der Waals surface area contributed by atoms with Crippen molar-refractivity contribution in [3.8, 4) is 5.75 Å². The van der Waals surface area contributed by atoms with Gasteiger partial charge in [0.1, 0.15) is 5.75 Å². The van der Waals surface area contributed by atoms with E-state index < -0.39 is 0 Å². The van der Waals surface area contributed by atoms with E-state index in [4.69, 9.17) is 10.5 Å². The minimum absolute atomic E-state index is 0.0792. The van der Waals surface area contributed by atoms with Crippen LogP contribution in [0.15, 0.2) is 22.7 Å². The largest absolute Gasteiger partial charge is 0.496 e. The molecule has 2 rings (SSSR count). The van der Waals surface area contributed by atoms with Crippen molar-refractivity contribution in [3.05, 3.63) is 28.2 Å². The minimum Gasteiger partial charge on any atom is -0.496 e. The second-order valence-corrected chi connectivity index (χ2v) is 6.50. The van der Waals surface area contributed by atoms with Crippen molar-refractivity contribution in [2.24, 2.45) is 11.7 Å². The zero-order valence-corrected chi connectivity index (χ0v) is 13.3. The van der Waals surface area contributed by atoms with Crippen molar-refractivity contribution >= 4 is 15.9 Å². The smallest absolute Gasteiger partial charge is 0.123 e. The van der Waals surface area contributed by atoms with Crippen molar-refractivity contribution in [3.63, 3.8) is 0 Å².